The van der Waals surface area contributed by atoms with Crippen LogP contribution in [0.1, 0.15) is 15.4 Å². The van der Waals surface area contributed by atoms with E-state index in [0.29, 0.717) is 0 Å². The van der Waals surface area contributed by atoms with Crippen LogP contribution in [0.2, 0.25) is 0 Å². The van der Waals surface area contributed by atoms with Gasteiger partial charge in [-0.1, -0.05) is 11.3 Å². The molecular formula is C9H11N2O3S+. The number of carbonyl (C=O) groups excluding carboxylic acids is 1. The summed E-state index contributed by atoms with van der Waals surface area (Å²) in [6.45, 7) is 3.91. The Morgan fingerprint density at radius 1 is 1.60 bits per heavy atom. The van der Waals surface area contributed by atoms with Gasteiger partial charge in [0, 0.05) is 0 Å². The zero-order valence-electron chi connectivity index (χ0n) is 8.40. The lowest BCUT2D eigenvalue weighted by atomic mass is 10.1. The van der Waals surface area contributed by atoms with E-state index in [0.717, 1.165) is 15.7 Å². The number of carboxylic acids is 1. The quantitative estimate of drug-likeness (QED) is 0.539. The summed E-state index contributed by atoms with van der Waals surface area (Å²) in [5.74, 6) is -2.40. The number of anilines is 1. The van der Waals surface area contributed by atoms with Crippen LogP contribution in [-0.4, -0.2) is 23.5 Å². The fourth-order valence-corrected chi connectivity index (χ4v) is 2.58. The van der Waals surface area contributed by atoms with Crippen LogP contribution in [0.15, 0.2) is 0 Å². The summed E-state index contributed by atoms with van der Waals surface area (Å²) in [5.41, 5.74) is 0.818. The molecule has 1 aromatic rings. The maximum Gasteiger partial charge on any atom is 0.341 e. The largest absolute Gasteiger partial charge is 0.480 e. The van der Waals surface area contributed by atoms with Gasteiger partial charge in [-0.25, -0.2) is 4.79 Å². The van der Waals surface area contributed by atoms with Crippen molar-refractivity contribution < 1.29 is 19.3 Å². The van der Waals surface area contributed by atoms with Crippen LogP contribution < -0.4 is 9.88 Å². The van der Waals surface area contributed by atoms with Gasteiger partial charge in [0.1, 0.15) is 12.2 Å². The Morgan fingerprint density at radius 2 is 2.27 bits per heavy atom. The summed E-state index contributed by atoms with van der Waals surface area (Å²) < 4.78 is 1.46. The minimum Gasteiger partial charge on any atom is -0.480 e. The second-order valence-electron chi connectivity index (χ2n) is 3.49. The molecule has 80 valence electrons. The summed E-state index contributed by atoms with van der Waals surface area (Å²) in [6, 6.07) is 0. The summed E-state index contributed by atoms with van der Waals surface area (Å²) in [5, 5.41) is 12.6. The molecule has 2 rings (SSSR count). The van der Waals surface area contributed by atoms with Crippen LogP contribution in [0.5, 0.6) is 0 Å². The van der Waals surface area contributed by atoms with Crippen LogP contribution in [0.3, 0.4) is 0 Å². The molecule has 1 atom stereocenters. The number of aromatic nitrogens is 1. The fraction of sp³-hybridized carbons (Fsp3) is 0.444. The van der Waals surface area contributed by atoms with Gasteiger partial charge in [0.15, 0.2) is 5.92 Å². The molecule has 0 aromatic carbocycles. The minimum atomic E-state index is -1.08. The van der Waals surface area contributed by atoms with Crippen LogP contribution in [0, 0.1) is 19.8 Å². The maximum absolute atomic E-state index is 11.8. The second-order valence-corrected chi connectivity index (χ2v) is 4.70. The molecule has 1 aliphatic heterocycles. The van der Waals surface area contributed by atoms with Crippen molar-refractivity contribution in [2.75, 3.05) is 11.9 Å². The van der Waals surface area contributed by atoms with Gasteiger partial charge in [0.2, 0.25) is 0 Å². The van der Waals surface area contributed by atoms with E-state index in [4.69, 9.17) is 5.11 Å². The summed E-state index contributed by atoms with van der Waals surface area (Å²) in [4.78, 5) is 23.7. The van der Waals surface area contributed by atoms with Crippen molar-refractivity contribution in [3.05, 3.63) is 10.6 Å². The lowest BCUT2D eigenvalue weighted by molar-refractivity contribution is -0.566. The van der Waals surface area contributed by atoms with Crippen molar-refractivity contribution in [2.45, 2.75) is 13.8 Å². The molecular weight excluding hydrogens is 216 g/mol. The molecule has 0 radical (unpaired) electrons. The van der Waals surface area contributed by atoms with Crippen LogP contribution >= 0.6 is 11.3 Å². The number of nitrogens with zero attached hydrogens (tertiary/aromatic N) is 1. The zero-order valence-corrected chi connectivity index (χ0v) is 9.22. The SMILES string of the molecule is Cc1sc2[n+](c1C)C(=O)C(C(=O)O)CN2. The van der Waals surface area contributed by atoms with Crippen molar-refractivity contribution in [1.29, 1.82) is 0 Å². The van der Waals surface area contributed by atoms with E-state index < -0.39 is 11.9 Å². The lowest BCUT2D eigenvalue weighted by Gasteiger charge is -2.13. The third-order valence-corrected chi connectivity index (χ3v) is 3.69. The summed E-state index contributed by atoms with van der Waals surface area (Å²) in [6.07, 6.45) is 0. The molecule has 0 saturated carbocycles. The molecule has 1 unspecified atom stereocenters. The number of aliphatic carboxylic acids is 1. The molecule has 0 spiro atoms. The standard InChI is InChI=1S/C9H10N2O3S/c1-4-5(2)15-9-10-3-6(8(13)14)7(12)11(4)9/h6H,3H2,1-2H3,(H,13,14)/p+1. The third kappa shape index (κ3) is 1.41. The molecule has 0 fully saturated rings. The first-order valence-corrected chi connectivity index (χ1v) is 5.37. The van der Waals surface area contributed by atoms with Crippen molar-refractivity contribution in [3.8, 4) is 0 Å². The number of fused-ring (bicyclic) bond motifs is 1. The monoisotopic (exact) mass is 227 g/mol. The summed E-state index contributed by atoms with van der Waals surface area (Å²) in [7, 11) is 0. The number of rotatable bonds is 1. The second kappa shape index (κ2) is 3.30. The first-order valence-electron chi connectivity index (χ1n) is 4.55. The molecule has 1 aliphatic rings. The van der Waals surface area contributed by atoms with E-state index >= 15 is 0 Å². The predicted octanol–water partition coefficient (Wildman–Crippen LogP) is 0.419. The number of hydrogen-bond acceptors (Lipinski definition) is 4. The molecule has 1 aromatic heterocycles. The highest BCUT2D eigenvalue weighted by molar-refractivity contribution is 7.15. The van der Waals surface area contributed by atoms with Crippen LogP contribution in [0.25, 0.3) is 0 Å². The topological polar surface area (TPSA) is 70.3 Å². The number of carboxylic acid groups (broad SMARTS) is 1. The Kier molecular flexibility index (Phi) is 2.22. The van der Waals surface area contributed by atoms with Gasteiger partial charge >= 0.3 is 17.0 Å². The fourth-order valence-electron chi connectivity index (χ4n) is 1.58. The number of carbonyl (C=O) groups is 2. The van der Waals surface area contributed by atoms with Crippen molar-refractivity contribution in [2.24, 2.45) is 5.92 Å². The Bertz CT molecular complexity index is 452. The third-order valence-electron chi connectivity index (χ3n) is 2.57. The van der Waals surface area contributed by atoms with Gasteiger partial charge in [0.25, 0.3) is 0 Å². The van der Waals surface area contributed by atoms with Gasteiger partial charge in [-0.15, -0.1) is 0 Å². The van der Waals surface area contributed by atoms with Crippen molar-refractivity contribution >= 4 is 28.3 Å². The minimum absolute atomic E-state index is 0.174. The number of aryl methyl sites for hydroxylation is 1. The Hall–Kier alpha value is -1.43. The van der Waals surface area contributed by atoms with E-state index in [1.165, 1.54) is 15.9 Å². The lowest BCUT2D eigenvalue weighted by Crippen LogP contribution is -2.56. The van der Waals surface area contributed by atoms with Crippen molar-refractivity contribution in [1.82, 2.24) is 0 Å². The summed E-state index contributed by atoms with van der Waals surface area (Å²) >= 11 is 1.47. The van der Waals surface area contributed by atoms with E-state index in [-0.39, 0.29) is 12.5 Å². The number of thiazole rings is 1. The van der Waals surface area contributed by atoms with Gasteiger partial charge < -0.3 is 5.11 Å². The molecule has 0 aliphatic carbocycles. The molecule has 5 nitrogen and oxygen atoms in total. The molecule has 0 amide bonds. The van der Waals surface area contributed by atoms with E-state index in [9.17, 15) is 9.59 Å². The number of nitrogens with one attached hydrogen (secondary N) is 1. The van der Waals surface area contributed by atoms with Gasteiger partial charge in [-0.05, 0) is 13.8 Å². The molecule has 2 heterocycles. The highest BCUT2D eigenvalue weighted by Gasteiger charge is 2.41. The molecule has 2 N–H and O–H groups in total. The van der Waals surface area contributed by atoms with E-state index in [1.54, 1.807) is 0 Å². The normalized spacial score (nSPS) is 19.6. The van der Waals surface area contributed by atoms with Crippen molar-refractivity contribution in [3.63, 3.8) is 0 Å². The number of hydrogen-bond donors (Lipinski definition) is 2. The van der Waals surface area contributed by atoms with Gasteiger partial charge in [-0.3, -0.25) is 10.1 Å². The van der Waals surface area contributed by atoms with E-state index in [2.05, 4.69) is 5.32 Å². The molecule has 0 saturated heterocycles. The Balaban J connectivity index is 2.50. The van der Waals surface area contributed by atoms with Crippen LogP contribution in [0.4, 0.5) is 5.13 Å². The highest BCUT2D eigenvalue weighted by Crippen LogP contribution is 2.23. The predicted molar refractivity (Wildman–Crippen MR) is 54.2 cm³/mol. The average molecular weight is 227 g/mol. The van der Waals surface area contributed by atoms with Gasteiger partial charge in [0.05, 0.1) is 4.88 Å². The Morgan fingerprint density at radius 3 is 2.87 bits per heavy atom. The first-order chi connectivity index (χ1) is 7.02. The highest BCUT2D eigenvalue weighted by atomic mass is 32.1. The van der Waals surface area contributed by atoms with Gasteiger partial charge in [-0.2, -0.15) is 4.57 Å². The molecule has 6 heteroatoms. The van der Waals surface area contributed by atoms with E-state index in [1.807, 2.05) is 13.8 Å². The van der Waals surface area contributed by atoms with Crippen LogP contribution in [-0.2, 0) is 4.79 Å². The first kappa shape index (κ1) is 10.1. The molecule has 0 bridgehead atoms. The Labute approximate surface area is 90.4 Å². The maximum atomic E-state index is 11.8. The molecule has 15 heavy (non-hydrogen) atoms. The smallest absolute Gasteiger partial charge is 0.341 e. The zero-order chi connectivity index (χ0) is 11.2. The average Bonchev–Trinajstić information content (AvgIpc) is 2.43.